The van der Waals surface area contributed by atoms with Crippen molar-refractivity contribution in [2.45, 2.75) is 30.2 Å². The summed E-state index contributed by atoms with van der Waals surface area (Å²) >= 11 is 1.55. The molecular formula is C22H22FN3O3S2. The summed E-state index contributed by atoms with van der Waals surface area (Å²) in [5, 5.41) is 5.72. The van der Waals surface area contributed by atoms with E-state index in [9.17, 15) is 17.6 Å². The lowest BCUT2D eigenvalue weighted by Crippen LogP contribution is -2.46. The van der Waals surface area contributed by atoms with Gasteiger partial charge in [-0.25, -0.2) is 17.8 Å². The van der Waals surface area contributed by atoms with E-state index in [0.717, 1.165) is 22.3 Å². The van der Waals surface area contributed by atoms with Crippen LogP contribution in [-0.2, 0) is 21.2 Å². The fraction of sp³-hybridized carbons (Fsp3) is 0.273. The van der Waals surface area contributed by atoms with Crippen molar-refractivity contribution in [3.8, 4) is 10.6 Å². The first-order valence-electron chi connectivity index (χ1n) is 10.00. The SMILES string of the molecule is O=C(NCCc1csc(-c2ccccc2)n1)C1CCCN1S(=O)(=O)c1cccc(F)c1. The van der Waals surface area contributed by atoms with Crippen LogP contribution >= 0.6 is 11.3 Å². The first-order chi connectivity index (χ1) is 14.9. The molecule has 0 aliphatic carbocycles. The van der Waals surface area contributed by atoms with Gasteiger partial charge in [0.05, 0.1) is 10.6 Å². The maximum absolute atomic E-state index is 13.5. The lowest BCUT2D eigenvalue weighted by molar-refractivity contribution is -0.124. The summed E-state index contributed by atoms with van der Waals surface area (Å²) in [4.78, 5) is 17.2. The summed E-state index contributed by atoms with van der Waals surface area (Å²) in [5.41, 5.74) is 1.92. The number of hydrogen-bond donors (Lipinski definition) is 1. The number of thiazole rings is 1. The van der Waals surface area contributed by atoms with Crippen molar-refractivity contribution < 1.29 is 17.6 Å². The van der Waals surface area contributed by atoms with Crippen molar-refractivity contribution in [2.24, 2.45) is 0 Å². The van der Waals surface area contributed by atoms with Gasteiger partial charge in [-0.1, -0.05) is 36.4 Å². The molecule has 2 heterocycles. The number of nitrogens with zero attached hydrogens (tertiary/aromatic N) is 2. The van der Waals surface area contributed by atoms with Gasteiger partial charge in [0.25, 0.3) is 0 Å². The topological polar surface area (TPSA) is 79.4 Å². The Bertz CT molecular complexity index is 1170. The van der Waals surface area contributed by atoms with E-state index in [2.05, 4.69) is 10.3 Å². The van der Waals surface area contributed by atoms with Gasteiger partial charge in [0.1, 0.15) is 16.9 Å². The van der Waals surface area contributed by atoms with Gasteiger partial charge in [-0.2, -0.15) is 4.31 Å². The summed E-state index contributed by atoms with van der Waals surface area (Å²) in [6.45, 7) is 0.602. The second-order valence-electron chi connectivity index (χ2n) is 7.28. The third kappa shape index (κ3) is 4.84. The van der Waals surface area contributed by atoms with Gasteiger partial charge >= 0.3 is 0 Å². The highest BCUT2D eigenvalue weighted by atomic mass is 32.2. The summed E-state index contributed by atoms with van der Waals surface area (Å²) in [7, 11) is -3.94. The lowest BCUT2D eigenvalue weighted by atomic mass is 10.2. The van der Waals surface area contributed by atoms with E-state index >= 15 is 0 Å². The average molecular weight is 460 g/mol. The van der Waals surface area contributed by atoms with Crippen LogP contribution in [0.1, 0.15) is 18.5 Å². The predicted molar refractivity (Wildman–Crippen MR) is 118 cm³/mol. The second kappa shape index (κ2) is 9.25. The number of amides is 1. The molecule has 4 rings (SSSR count). The molecule has 0 radical (unpaired) electrons. The monoisotopic (exact) mass is 459 g/mol. The van der Waals surface area contributed by atoms with Gasteiger partial charge in [-0.15, -0.1) is 11.3 Å². The van der Waals surface area contributed by atoms with E-state index in [-0.39, 0.29) is 17.3 Å². The molecule has 1 fully saturated rings. The summed E-state index contributed by atoms with van der Waals surface area (Å²) in [6, 6.07) is 13.9. The Balaban J connectivity index is 1.37. The van der Waals surface area contributed by atoms with Gasteiger partial charge < -0.3 is 5.32 Å². The second-order valence-corrected chi connectivity index (χ2v) is 10.0. The third-order valence-electron chi connectivity index (χ3n) is 5.16. The maximum Gasteiger partial charge on any atom is 0.243 e. The Morgan fingerprint density at radius 3 is 2.77 bits per heavy atom. The molecule has 1 saturated heterocycles. The van der Waals surface area contributed by atoms with Crippen LogP contribution in [0.4, 0.5) is 4.39 Å². The van der Waals surface area contributed by atoms with Crippen LogP contribution in [0.15, 0.2) is 64.9 Å². The average Bonchev–Trinajstić information content (AvgIpc) is 3.45. The molecule has 31 heavy (non-hydrogen) atoms. The molecule has 0 spiro atoms. The van der Waals surface area contributed by atoms with Crippen molar-refractivity contribution in [1.82, 2.24) is 14.6 Å². The number of halogens is 1. The standard InChI is InChI=1S/C22H22FN3O3S2/c23-17-8-4-9-19(14-17)31(28,29)26-13-5-10-20(26)21(27)24-12-11-18-15-30-22(25-18)16-6-2-1-3-7-16/h1-4,6-9,14-15,20H,5,10-13H2,(H,24,27). The number of hydrogen-bond acceptors (Lipinski definition) is 5. The molecule has 1 unspecified atom stereocenters. The number of carbonyl (C=O) groups is 1. The molecule has 6 nitrogen and oxygen atoms in total. The molecule has 1 atom stereocenters. The molecule has 0 saturated carbocycles. The van der Waals surface area contributed by atoms with E-state index in [0.29, 0.717) is 25.8 Å². The summed E-state index contributed by atoms with van der Waals surface area (Å²) < 4.78 is 40.5. The highest BCUT2D eigenvalue weighted by molar-refractivity contribution is 7.89. The van der Waals surface area contributed by atoms with Crippen LogP contribution in [0.25, 0.3) is 10.6 Å². The zero-order chi connectivity index (χ0) is 21.8. The zero-order valence-electron chi connectivity index (χ0n) is 16.7. The highest BCUT2D eigenvalue weighted by Gasteiger charge is 2.39. The Hall–Kier alpha value is -2.62. The van der Waals surface area contributed by atoms with Gasteiger partial charge in [-0.05, 0) is 31.0 Å². The molecule has 1 amide bonds. The van der Waals surface area contributed by atoms with Crippen molar-refractivity contribution >= 4 is 27.3 Å². The number of aromatic nitrogens is 1. The van der Waals surface area contributed by atoms with Gasteiger partial charge in [-0.3, -0.25) is 4.79 Å². The number of nitrogens with one attached hydrogen (secondary N) is 1. The van der Waals surface area contributed by atoms with Crippen LogP contribution < -0.4 is 5.32 Å². The van der Waals surface area contributed by atoms with Crippen LogP contribution in [0, 0.1) is 5.82 Å². The zero-order valence-corrected chi connectivity index (χ0v) is 18.3. The molecule has 2 aromatic carbocycles. The molecule has 1 aromatic heterocycles. The van der Waals surface area contributed by atoms with Crippen LogP contribution in [-0.4, -0.2) is 42.7 Å². The normalized spacial score (nSPS) is 17.0. The summed E-state index contributed by atoms with van der Waals surface area (Å²) in [5.74, 6) is -0.963. The predicted octanol–water partition coefficient (Wildman–Crippen LogP) is 3.46. The largest absolute Gasteiger partial charge is 0.354 e. The van der Waals surface area contributed by atoms with Crippen molar-refractivity contribution in [3.05, 3.63) is 71.5 Å². The fourth-order valence-corrected chi connectivity index (χ4v) is 6.17. The quantitative estimate of drug-likeness (QED) is 0.587. The number of carbonyl (C=O) groups excluding carboxylic acids is 1. The number of sulfonamides is 1. The van der Waals surface area contributed by atoms with Crippen molar-refractivity contribution in [2.75, 3.05) is 13.1 Å². The fourth-order valence-electron chi connectivity index (χ4n) is 3.62. The van der Waals surface area contributed by atoms with Crippen LogP contribution in [0.5, 0.6) is 0 Å². The molecular weight excluding hydrogens is 437 g/mol. The third-order valence-corrected chi connectivity index (χ3v) is 8.01. The molecule has 1 aliphatic rings. The van der Waals surface area contributed by atoms with E-state index in [4.69, 9.17) is 0 Å². The van der Waals surface area contributed by atoms with Crippen LogP contribution in [0.3, 0.4) is 0 Å². The molecule has 1 aliphatic heterocycles. The number of benzene rings is 2. The minimum Gasteiger partial charge on any atom is -0.354 e. The molecule has 1 N–H and O–H groups in total. The minimum absolute atomic E-state index is 0.136. The smallest absolute Gasteiger partial charge is 0.243 e. The Morgan fingerprint density at radius 2 is 2.00 bits per heavy atom. The first kappa shape index (κ1) is 21.6. The van der Waals surface area contributed by atoms with Crippen molar-refractivity contribution in [3.63, 3.8) is 0 Å². The molecule has 162 valence electrons. The van der Waals surface area contributed by atoms with E-state index in [1.54, 1.807) is 11.3 Å². The maximum atomic E-state index is 13.5. The Morgan fingerprint density at radius 1 is 1.19 bits per heavy atom. The minimum atomic E-state index is -3.94. The molecule has 3 aromatic rings. The first-order valence-corrected chi connectivity index (χ1v) is 12.3. The van der Waals surface area contributed by atoms with E-state index < -0.39 is 21.9 Å². The molecule has 9 heteroatoms. The van der Waals surface area contributed by atoms with Gasteiger partial charge in [0, 0.05) is 30.5 Å². The Labute approximate surface area is 184 Å². The van der Waals surface area contributed by atoms with Crippen LogP contribution in [0.2, 0.25) is 0 Å². The van der Waals surface area contributed by atoms with Crippen molar-refractivity contribution in [1.29, 1.82) is 0 Å². The van der Waals surface area contributed by atoms with E-state index in [1.165, 1.54) is 22.5 Å². The van der Waals surface area contributed by atoms with Gasteiger partial charge in [0.2, 0.25) is 15.9 Å². The van der Waals surface area contributed by atoms with E-state index in [1.807, 2.05) is 35.7 Å². The van der Waals surface area contributed by atoms with Gasteiger partial charge in [0.15, 0.2) is 0 Å². The molecule has 0 bridgehead atoms. The number of rotatable bonds is 7. The highest BCUT2D eigenvalue weighted by Crippen LogP contribution is 2.27. The summed E-state index contributed by atoms with van der Waals surface area (Å²) in [6.07, 6.45) is 1.58. The lowest BCUT2D eigenvalue weighted by Gasteiger charge is -2.23. The Kier molecular flexibility index (Phi) is 6.45.